The third kappa shape index (κ3) is 15.5. The van der Waals surface area contributed by atoms with E-state index in [1.165, 1.54) is 6.92 Å². The van der Waals surface area contributed by atoms with Crippen LogP contribution in [0.4, 0.5) is 0 Å². The fourth-order valence-corrected chi connectivity index (χ4v) is 3.40. The molecule has 10 heteroatoms. The van der Waals surface area contributed by atoms with Crippen molar-refractivity contribution >= 4 is 11.9 Å². The summed E-state index contributed by atoms with van der Waals surface area (Å²) < 4.78 is 20.9. The molecule has 0 aromatic heterocycles. The van der Waals surface area contributed by atoms with E-state index in [9.17, 15) is 30.0 Å². The van der Waals surface area contributed by atoms with Crippen LogP contribution in [0.25, 0.3) is 0 Å². The Morgan fingerprint density at radius 1 is 0.795 bits per heavy atom. The van der Waals surface area contributed by atoms with Crippen molar-refractivity contribution in [3.8, 4) is 0 Å². The number of aliphatic hydroxyl groups excluding tert-OH is 4. The van der Waals surface area contributed by atoms with E-state index in [2.05, 4.69) is 43.4 Å². The molecule has 1 aliphatic rings. The van der Waals surface area contributed by atoms with Crippen LogP contribution >= 0.6 is 0 Å². The monoisotopic (exact) mass is 552 g/mol. The zero-order valence-electron chi connectivity index (χ0n) is 22.8. The van der Waals surface area contributed by atoms with Crippen molar-refractivity contribution in [2.75, 3.05) is 19.8 Å². The second-order valence-corrected chi connectivity index (χ2v) is 8.86. The number of carbonyl (C=O) groups excluding carboxylic acids is 2. The summed E-state index contributed by atoms with van der Waals surface area (Å²) in [5, 5.41) is 39.1. The number of allylic oxidation sites excluding steroid dienone is 9. The molecule has 6 atom stereocenters. The van der Waals surface area contributed by atoms with Crippen LogP contribution in [-0.4, -0.2) is 89.0 Å². The third-order valence-corrected chi connectivity index (χ3v) is 5.51. The standard InChI is InChI=1S/C29H44O10/c1-3-4-5-6-7-8-9-10-11-12-13-14-15-16-17-18-25(32)38-23(20-36-22(2)31)21-37-29-28(35)27(34)26(33)24(19-30)39-29/h4-5,7-8,10-11,13-14,16-17,23-24,26-30,33-35H,3,6,9,12,15,18-21H2,1-2H3/b5-4-,8-7-,11-10-,14-13-,17-16-. The molecule has 0 radical (unpaired) electrons. The number of esters is 2. The SMILES string of the molecule is CC/C=C\C/C=C\C/C=C\C/C=C\C/C=C\CC(=O)OC(COC(C)=O)COC1OC(CO)C(O)C(O)C1O. The number of carbonyl (C=O) groups is 2. The van der Waals surface area contributed by atoms with Gasteiger partial charge in [-0.3, -0.25) is 9.59 Å². The van der Waals surface area contributed by atoms with Gasteiger partial charge in [-0.15, -0.1) is 0 Å². The van der Waals surface area contributed by atoms with Gasteiger partial charge in [0.25, 0.3) is 0 Å². The van der Waals surface area contributed by atoms with E-state index < -0.39 is 55.4 Å². The molecule has 39 heavy (non-hydrogen) atoms. The first-order valence-corrected chi connectivity index (χ1v) is 13.3. The maximum absolute atomic E-state index is 12.2. The molecule has 10 nitrogen and oxygen atoms in total. The van der Waals surface area contributed by atoms with Crippen molar-refractivity contribution in [3.05, 3.63) is 60.8 Å². The van der Waals surface area contributed by atoms with Crippen molar-refractivity contribution in [1.29, 1.82) is 0 Å². The lowest BCUT2D eigenvalue weighted by atomic mass is 9.99. The van der Waals surface area contributed by atoms with E-state index >= 15 is 0 Å². The van der Waals surface area contributed by atoms with Crippen molar-refractivity contribution in [1.82, 2.24) is 0 Å². The molecule has 0 aromatic rings. The minimum atomic E-state index is -1.61. The maximum Gasteiger partial charge on any atom is 0.310 e. The van der Waals surface area contributed by atoms with Crippen LogP contribution in [0.5, 0.6) is 0 Å². The zero-order valence-corrected chi connectivity index (χ0v) is 22.8. The van der Waals surface area contributed by atoms with Crippen LogP contribution in [0.15, 0.2) is 60.8 Å². The Bertz CT molecular complexity index is 830. The molecule has 220 valence electrons. The molecule has 6 unspecified atom stereocenters. The van der Waals surface area contributed by atoms with Crippen LogP contribution in [0, 0.1) is 0 Å². The quantitative estimate of drug-likeness (QED) is 0.147. The van der Waals surface area contributed by atoms with Gasteiger partial charge in [-0.2, -0.15) is 0 Å². The van der Waals surface area contributed by atoms with Gasteiger partial charge in [0.05, 0.1) is 19.6 Å². The molecule has 1 aliphatic heterocycles. The van der Waals surface area contributed by atoms with Gasteiger partial charge in [0, 0.05) is 6.92 Å². The van der Waals surface area contributed by atoms with Gasteiger partial charge in [-0.25, -0.2) is 0 Å². The maximum atomic E-state index is 12.2. The summed E-state index contributed by atoms with van der Waals surface area (Å²) in [6.45, 7) is 2.10. The third-order valence-electron chi connectivity index (χ3n) is 5.51. The molecular weight excluding hydrogens is 508 g/mol. The predicted octanol–water partition coefficient (Wildman–Crippen LogP) is 2.42. The van der Waals surface area contributed by atoms with Gasteiger partial charge >= 0.3 is 11.9 Å². The Balaban J connectivity index is 2.39. The Kier molecular flexibility index (Phi) is 18.8. The molecule has 0 bridgehead atoms. The predicted molar refractivity (Wildman–Crippen MR) is 145 cm³/mol. The van der Waals surface area contributed by atoms with Crippen LogP contribution in [0.1, 0.15) is 52.4 Å². The minimum Gasteiger partial charge on any atom is -0.462 e. The van der Waals surface area contributed by atoms with Gasteiger partial charge in [-0.05, 0) is 32.1 Å². The molecule has 4 N–H and O–H groups in total. The Labute approximate surface area is 230 Å². The molecule has 1 rings (SSSR count). The Morgan fingerprint density at radius 3 is 1.85 bits per heavy atom. The summed E-state index contributed by atoms with van der Waals surface area (Å²) in [4.78, 5) is 23.4. The summed E-state index contributed by atoms with van der Waals surface area (Å²) in [5.74, 6) is -1.16. The van der Waals surface area contributed by atoms with Gasteiger partial charge in [0.15, 0.2) is 12.4 Å². The van der Waals surface area contributed by atoms with Crippen molar-refractivity contribution in [2.24, 2.45) is 0 Å². The molecular formula is C29H44O10. The minimum absolute atomic E-state index is 0.00978. The number of hydrogen-bond donors (Lipinski definition) is 4. The van der Waals surface area contributed by atoms with Crippen LogP contribution in [0.3, 0.4) is 0 Å². The highest BCUT2D eigenvalue weighted by Crippen LogP contribution is 2.22. The van der Waals surface area contributed by atoms with Gasteiger partial charge in [-0.1, -0.05) is 67.7 Å². The number of rotatable bonds is 18. The number of ether oxygens (including phenoxy) is 4. The summed E-state index contributed by atoms with van der Waals surface area (Å²) in [5.41, 5.74) is 0. The first-order chi connectivity index (χ1) is 18.8. The lowest BCUT2D eigenvalue weighted by Crippen LogP contribution is -2.59. The fraction of sp³-hybridized carbons (Fsp3) is 0.586. The van der Waals surface area contributed by atoms with Crippen LogP contribution < -0.4 is 0 Å². The van der Waals surface area contributed by atoms with Gasteiger partial charge in [0.2, 0.25) is 0 Å². The van der Waals surface area contributed by atoms with Crippen molar-refractivity contribution in [2.45, 2.75) is 89.2 Å². The van der Waals surface area contributed by atoms with Crippen molar-refractivity contribution in [3.63, 3.8) is 0 Å². The van der Waals surface area contributed by atoms with Crippen LogP contribution in [-0.2, 0) is 28.5 Å². The van der Waals surface area contributed by atoms with Crippen LogP contribution in [0.2, 0.25) is 0 Å². The largest absolute Gasteiger partial charge is 0.462 e. The summed E-state index contributed by atoms with van der Waals surface area (Å²) >= 11 is 0. The molecule has 0 amide bonds. The highest BCUT2D eigenvalue weighted by molar-refractivity contribution is 5.71. The normalized spacial score (nSPS) is 24.9. The molecule has 1 saturated heterocycles. The smallest absolute Gasteiger partial charge is 0.310 e. The summed E-state index contributed by atoms with van der Waals surface area (Å²) in [7, 11) is 0. The summed E-state index contributed by atoms with van der Waals surface area (Å²) in [6.07, 6.45) is 16.5. The molecule has 0 aromatic carbocycles. The molecule has 0 aliphatic carbocycles. The first kappa shape index (κ1) is 34.4. The molecule has 0 spiro atoms. The zero-order chi connectivity index (χ0) is 28.9. The summed E-state index contributed by atoms with van der Waals surface area (Å²) in [6, 6.07) is 0. The number of aliphatic hydroxyl groups is 4. The van der Waals surface area contributed by atoms with Crippen molar-refractivity contribution < 1.29 is 49.0 Å². The second-order valence-electron chi connectivity index (χ2n) is 8.86. The highest BCUT2D eigenvalue weighted by Gasteiger charge is 2.44. The first-order valence-electron chi connectivity index (χ1n) is 13.3. The lowest BCUT2D eigenvalue weighted by molar-refractivity contribution is -0.305. The fourth-order valence-electron chi connectivity index (χ4n) is 3.40. The molecule has 1 fully saturated rings. The van der Waals surface area contributed by atoms with Gasteiger partial charge < -0.3 is 39.4 Å². The number of hydrogen-bond acceptors (Lipinski definition) is 10. The average molecular weight is 553 g/mol. The Hall–Kier alpha value is -2.60. The van der Waals surface area contributed by atoms with E-state index in [1.54, 1.807) is 6.08 Å². The van der Waals surface area contributed by atoms with Gasteiger partial charge in [0.1, 0.15) is 31.0 Å². The average Bonchev–Trinajstić information content (AvgIpc) is 2.91. The molecule has 0 saturated carbocycles. The Morgan fingerprint density at radius 2 is 1.33 bits per heavy atom. The lowest BCUT2D eigenvalue weighted by Gasteiger charge is -2.39. The second kappa shape index (κ2) is 21.2. The topological polar surface area (TPSA) is 152 Å². The van der Waals surface area contributed by atoms with E-state index in [4.69, 9.17) is 18.9 Å². The molecule has 1 heterocycles. The van der Waals surface area contributed by atoms with E-state index in [-0.39, 0.29) is 19.6 Å². The van der Waals surface area contributed by atoms with E-state index in [0.29, 0.717) is 6.42 Å². The van der Waals surface area contributed by atoms with E-state index in [1.807, 2.05) is 18.2 Å². The van der Waals surface area contributed by atoms with E-state index in [0.717, 1.165) is 25.7 Å². The highest BCUT2D eigenvalue weighted by atomic mass is 16.7.